The van der Waals surface area contributed by atoms with Crippen molar-refractivity contribution in [1.82, 2.24) is 20.3 Å². The van der Waals surface area contributed by atoms with Gasteiger partial charge in [0.2, 0.25) is 11.8 Å². The van der Waals surface area contributed by atoms with E-state index in [1.54, 1.807) is 18.1 Å². The molecule has 2 amide bonds. The van der Waals surface area contributed by atoms with Crippen molar-refractivity contribution >= 4 is 11.8 Å². The normalized spacial score (nSPS) is 25.2. The van der Waals surface area contributed by atoms with Gasteiger partial charge in [0.15, 0.2) is 11.5 Å². The highest BCUT2D eigenvalue weighted by Gasteiger charge is 2.44. The Morgan fingerprint density at radius 3 is 2.92 bits per heavy atom. The third kappa shape index (κ3) is 5.36. The van der Waals surface area contributed by atoms with Gasteiger partial charge in [-0.25, -0.2) is 0 Å². The topological polar surface area (TPSA) is 97.1 Å². The number of ether oxygens (including phenoxy) is 2. The highest BCUT2D eigenvalue weighted by Crippen LogP contribution is 2.46. The molecule has 194 valence electrons. The molecule has 3 aliphatic heterocycles. The summed E-state index contributed by atoms with van der Waals surface area (Å²) in [7, 11) is 1.66. The molecule has 0 unspecified atom stereocenters. The molecule has 4 bridgehead atoms. The van der Waals surface area contributed by atoms with Crippen molar-refractivity contribution < 1.29 is 23.6 Å². The lowest BCUT2D eigenvalue weighted by Gasteiger charge is -2.25. The van der Waals surface area contributed by atoms with Crippen molar-refractivity contribution in [3.63, 3.8) is 0 Å². The average molecular weight is 497 g/mol. The van der Waals surface area contributed by atoms with Gasteiger partial charge in [-0.3, -0.25) is 14.5 Å². The van der Waals surface area contributed by atoms with Gasteiger partial charge in [0.05, 0.1) is 32.4 Å². The molecule has 1 aromatic carbocycles. The van der Waals surface area contributed by atoms with Crippen LogP contribution in [-0.2, 0) is 16.0 Å². The van der Waals surface area contributed by atoms with E-state index in [0.717, 1.165) is 49.4 Å². The van der Waals surface area contributed by atoms with Crippen LogP contribution >= 0.6 is 0 Å². The summed E-state index contributed by atoms with van der Waals surface area (Å²) in [4.78, 5) is 30.2. The Morgan fingerprint density at radius 1 is 1.22 bits per heavy atom. The molecule has 3 aliphatic rings. The second kappa shape index (κ2) is 10.9. The van der Waals surface area contributed by atoms with Crippen molar-refractivity contribution in [3.8, 4) is 11.5 Å². The average Bonchev–Trinajstić information content (AvgIpc) is 3.58. The fourth-order valence-corrected chi connectivity index (χ4v) is 5.96. The highest BCUT2D eigenvalue weighted by molar-refractivity contribution is 5.85. The SMILES string of the molecule is COc1ccc2cc1OCCCCN(C(=O)Cc1cc(C)no1)CC(=O)NC[C@H]1C[C@H]2N2CCC[C@@H]12. The minimum Gasteiger partial charge on any atom is -0.493 e. The Hall–Kier alpha value is -3.07. The van der Waals surface area contributed by atoms with E-state index in [4.69, 9.17) is 14.0 Å². The number of methoxy groups -OCH3 is 1. The lowest BCUT2D eigenvalue weighted by Crippen LogP contribution is -2.44. The minimum absolute atomic E-state index is 0.0458. The molecule has 2 saturated heterocycles. The van der Waals surface area contributed by atoms with Gasteiger partial charge in [-0.05, 0) is 69.2 Å². The van der Waals surface area contributed by atoms with Gasteiger partial charge in [-0.2, -0.15) is 0 Å². The van der Waals surface area contributed by atoms with E-state index in [0.29, 0.717) is 43.5 Å². The van der Waals surface area contributed by atoms with E-state index in [1.807, 2.05) is 13.0 Å². The fraction of sp³-hybridized carbons (Fsp3) is 0.593. The molecule has 2 aromatic rings. The minimum atomic E-state index is -0.138. The zero-order valence-electron chi connectivity index (χ0n) is 21.2. The summed E-state index contributed by atoms with van der Waals surface area (Å²) in [6.07, 6.45) is 4.88. The van der Waals surface area contributed by atoms with Gasteiger partial charge in [0, 0.05) is 31.2 Å². The molecule has 0 aliphatic carbocycles. The van der Waals surface area contributed by atoms with Crippen LogP contribution in [0.15, 0.2) is 28.8 Å². The fourth-order valence-electron chi connectivity index (χ4n) is 5.96. The van der Waals surface area contributed by atoms with Crippen LogP contribution in [0.25, 0.3) is 0 Å². The van der Waals surface area contributed by atoms with E-state index in [1.165, 1.54) is 12.0 Å². The third-order valence-corrected chi connectivity index (χ3v) is 7.72. The summed E-state index contributed by atoms with van der Waals surface area (Å²) in [6.45, 7) is 4.55. The van der Waals surface area contributed by atoms with Crippen LogP contribution in [0.5, 0.6) is 11.5 Å². The predicted octanol–water partition coefficient (Wildman–Crippen LogP) is 2.88. The van der Waals surface area contributed by atoms with E-state index in [9.17, 15) is 9.59 Å². The molecular formula is C27H36N4O5. The van der Waals surface area contributed by atoms with Crippen LogP contribution in [0.1, 0.15) is 55.2 Å². The first kappa shape index (κ1) is 24.6. The first-order valence-electron chi connectivity index (χ1n) is 13.0. The number of nitrogens with one attached hydrogen (secondary N) is 1. The number of aryl methyl sites for hydroxylation is 1. The second-order valence-electron chi connectivity index (χ2n) is 10.2. The molecule has 9 nitrogen and oxygen atoms in total. The Kier molecular flexibility index (Phi) is 7.46. The van der Waals surface area contributed by atoms with Gasteiger partial charge in [-0.15, -0.1) is 0 Å². The van der Waals surface area contributed by atoms with Crippen LogP contribution in [-0.4, -0.2) is 72.7 Å². The van der Waals surface area contributed by atoms with Crippen molar-refractivity contribution in [1.29, 1.82) is 0 Å². The quantitative estimate of drug-likeness (QED) is 0.698. The summed E-state index contributed by atoms with van der Waals surface area (Å²) < 4.78 is 16.9. The summed E-state index contributed by atoms with van der Waals surface area (Å²) in [5, 5.41) is 7.01. The largest absolute Gasteiger partial charge is 0.493 e. The number of carbonyl (C=O) groups excluding carboxylic acids is 2. The molecule has 4 heterocycles. The smallest absolute Gasteiger partial charge is 0.239 e. The summed E-state index contributed by atoms with van der Waals surface area (Å²) in [5.74, 6) is 2.14. The Morgan fingerprint density at radius 2 is 2.11 bits per heavy atom. The molecule has 1 N–H and O–H groups in total. The number of amides is 2. The second-order valence-corrected chi connectivity index (χ2v) is 10.2. The van der Waals surface area contributed by atoms with Gasteiger partial charge < -0.3 is 24.2 Å². The van der Waals surface area contributed by atoms with E-state index in [-0.39, 0.29) is 24.8 Å². The van der Waals surface area contributed by atoms with Gasteiger partial charge in [0.1, 0.15) is 5.76 Å². The maximum atomic E-state index is 13.0. The first-order valence-corrected chi connectivity index (χ1v) is 13.0. The zero-order chi connectivity index (χ0) is 25.1. The number of aromatic nitrogens is 1. The van der Waals surface area contributed by atoms with Crippen molar-refractivity contribution in [2.45, 2.75) is 57.5 Å². The van der Waals surface area contributed by atoms with E-state index in [2.05, 4.69) is 27.5 Å². The van der Waals surface area contributed by atoms with E-state index < -0.39 is 0 Å². The number of hydrogen-bond donors (Lipinski definition) is 1. The van der Waals surface area contributed by atoms with Crippen LogP contribution in [0.2, 0.25) is 0 Å². The number of carbonyl (C=O) groups is 2. The number of benzene rings is 1. The van der Waals surface area contributed by atoms with Crippen molar-refractivity contribution in [3.05, 3.63) is 41.3 Å². The van der Waals surface area contributed by atoms with Gasteiger partial charge in [-0.1, -0.05) is 11.2 Å². The predicted molar refractivity (Wildman–Crippen MR) is 133 cm³/mol. The molecular weight excluding hydrogens is 460 g/mol. The molecule has 9 heteroatoms. The highest BCUT2D eigenvalue weighted by atomic mass is 16.5. The molecule has 0 spiro atoms. The standard InChI is InChI=1S/C27H36N4O5/c1-18-12-21(36-29-18)15-27(33)30-9-3-4-11-35-25-14-19(7-8-24(25)34-2)23-13-20(16-28-26(32)17-30)22-6-5-10-31(22)23/h7-8,12,14,20,22-23H,3-6,9-11,13,15-17H2,1-2H3,(H,28,32)/t20-,22+,23-/m1/s1. The molecule has 0 saturated carbocycles. The summed E-state index contributed by atoms with van der Waals surface area (Å²) >= 11 is 0. The molecule has 5 rings (SSSR count). The maximum absolute atomic E-state index is 13.0. The van der Waals surface area contributed by atoms with Gasteiger partial charge in [0.25, 0.3) is 0 Å². The monoisotopic (exact) mass is 496 g/mol. The number of nitrogens with zero attached hydrogens (tertiary/aromatic N) is 3. The Bertz CT molecular complexity index is 1090. The summed E-state index contributed by atoms with van der Waals surface area (Å²) in [6, 6.07) is 8.80. The molecule has 1 aromatic heterocycles. The lowest BCUT2D eigenvalue weighted by molar-refractivity contribution is -0.136. The van der Waals surface area contributed by atoms with Crippen molar-refractivity contribution in [2.75, 3.05) is 39.9 Å². The summed E-state index contributed by atoms with van der Waals surface area (Å²) in [5.41, 5.74) is 1.98. The van der Waals surface area contributed by atoms with Crippen LogP contribution in [0, 0.1) is 12.8 Å². The molecule has 3 atom stereocenters. The van der Waals surface area contributed by atoms with Gasteiger partial charge >= 0.3 is 0 Å². The van der Waals surface area contributed by atoms with Crippen LogP contribution in [0.4, 0.5) is 0 Å². The number of fused-ring (bicyclic) bond motifs is 8. The lowest BCUT2D eigenvalue weighted by atomic mass is 9.94. The molecule has 2 fully saturated rings. The molecule has 36 heavy (non-hydrogen) atoms. The Labute approximate surface area is 212 Å². The van der Waals surface area contributed by atoms with Crippen LogP contribution < -0.4 is 14.8 Å². The van der Waals surface area contributed by atoms with Crippen molar-refractivity contribution in [2.24, 2.45) is 5.92 Å². The van der Waals surface area contributed by atoms with Crippen LogP contribution in [0.3, 0.4) is 0 Å². The number of hydrogen-bond acceptors (Lipinski definition) is 7. The maximum Gasteiger partial charge on any atom is 0.239 e. The number of rotatable bonds is 3. The Balaban J connectivity index is 1.34. The third-order valence-electron chi connectivity index (χ3n) is 7.72. The molecule has 0 radical (unpaired) electrons. The van der Waals surface area contributed by atoms with E-state index >= 15 is 0 Å². The first-order chi connectivity index (χ1) is 17.5. The zero-order valence-corrected chi connectivity index (χ0v) is 21.2.